The number of rotatable bonds is 4. The Hall–Kier alpha value is -2.22. The summed E-state index contributed by atoms with van der Waals surface area (Å²) in [5.41, 5.74) is -0.120. The fraction of sp³-hybridized carbons (Fsp3) is 0.214. The second-order valence-electron chi connectivity index (χ2n) is 4.34. The lowest BCUT2D eigenvalue weighted by atomic mass is 10.2. The second-order valence-corrected chi connectivity index (χ2v) is 5.30. The van der Waals surface area contributed by atoms with Crippen LogP contribution in [0.25, 0.3) is 0 Å². The van der Waals surface area contributed by atoms with Gasteiger partial charge in [0.15, 0.2) is 11.6 Å². The Kier molecular flexibility index (Phi) is 4.92. The summed E-state index contributed by atoms with van der Waals surface area (Å²) < 4.78 is 31.4. The van der Waals surface area contributed by atoms with Gasteiger partial charge in [-0.25, -0.2) is 18.4 Å². The van der Waals surface area contributed by atoms with Crippen molar-refractivity contribution in [3.63, 3.8) is 0 Å². The molecule has 2 aromatic rings. The summed E-state index contributed by atoms with van der Waals surface area (Å²) in [5.74, 6) is -2.57. The number of aromatic amines is 1. The molecule has 1 heterocycles. The summed E-state index contributed by atoms with van der Waals surface area (Å²) in [4.78, 5) is 29.3. The van der Waals surface area contributed by atoms with Crippen molar-refractivity contribution in [3.05, 3.63) is 57.1 Å². The van der Waals surface area contributed by atoms with Crippen molar-refractivity contribution in [2.75, 3.05) is 7.11 Å². The third-order valence-electron chi connectivity index (χ3n) is 2.87. The highest BCUT2D eigenvalue weighted by Crippen LogP contribution is 2.26. The van der Waals surface area contributed by atoms with E-state index in [1.54, 1.807) is 0 Å². The SMILES string of the molecule is COC(=O)c1c(SCc2cccc(F)c2F)nc(=O)[nH]c1C. The fourth-order valence-corrected chi connectivity index (χ4v) is 2.86. The molecule has 0 atom stereocenters. The molecular formula is C14H12F2N2O3S. The van der Waals surface area contributed by atoms with Gasteiger partial charge in [-0.15, -0.1) is 11.8 Å². The van der Waals surface area contributed by atoms with Crippen LogP contribution in [0.2, 0.25) is 0 Å². The normalized spacial score (nSPS) is 10.5. The Balaban J connectivity index is 2.35. The predicted molar refractivity (Wildman–Crippen MR) is 76.9 cm³/mol. The zero-order chi connectivity index (χ0) is 16.3. The van der Waals surface area contributed by atoms with Crippen molar-refractivity contribution < 1.29 is 18.3 Å². The van der Waals surface area contributed by atoms with Gasteiger partial charge in [0.25, 0.3) is 0 Å². The summed E-state index contributed by atoms with van der Waals surface area (Å²) >= 11 is 0.956. The number of hydrogen-bond acceptors (Lipinski definition) is 5. The number of H-pyrrole nitrogens is 1. The number of halogens is 2. The van der Waals surface area contributed by atoms with Gasteiger partial charge < -0.3 is 9.72 Å². The van der Waals surface area contributed by atoms with Crippen molar-refractivity contribution in [2.45, 2.75) is 17.7 Å². The van der Waals surface area contributed by atoms with E-state index >= 15 is 0 Å². The van der Waals surface area contributed by atoms with Crippen LogP contribution in [0.4, 0.5) is 8.78 Å². The summed E-state index contributed by atoms with van der Waals surface area (Å²) in [7, 11) is 1.20. The number of nitrogens with zero attached hydrogens (tertiary/aromatic N) is 1. The number of aryl methyl sites for hydroxylation is 1. The highest BCUT2D eigenvalue weighted by molar-refractivity contribution is 7.98. The monoisotopic (exact) mass is 326 g/mol. The molecule has 116 valence electrons. The minimum atomic E-state index is -0.962. The van der Waals surface area contributed by atoms with E-state index in [9.17, 15) is 18.4 Å². The summed E-state index contributed by atoms with van der Waals surface area (Å²) in [6.45, 7) is 1.53. The van der Waals surface area contributed by atoms with Crippen molar-refractivity contribution in [1.29, 1.82) is 0 Å². The Labute approximate surface area is 128 Å². The maximum Gasteiger partial charge on any atom is 0.346 e. The van der Waals surface area contributed by atoms with Crippen LogP contribution in [0.1, 0.15) is 21.6 Å². The van der Waals surface area contributed by atoms with Gasteiger partial charge in [-0.05, 0) is 13.0 Å². The van der Waals surface area contributed by atoms with Gasteiger partial charge in [0.1, 0.15) is 10.6 Å². The van der Waals surface area contributed by atoms with E-state index in [1.807, 2.05) is 0 Å². The fourth-order valence-electron chi connectivity index (χ4n) is 1.81. The maximum absolute atomic E-state index is 13.6. The van der Waals surface area contributed by atoms with E-state index in [-0.39, 0.29) is 21.9 Å². The number of benzene rings is 1. The number of thioether (sulfide) groups is 1. The molecule has 5 nitrogen and oxygen atoms in total. The molecule has 0 aliphatic heterocycles. The number of methoxy groups -OCH3 is 1. The number of carbonyl (C=O) groups excluding carboxylic acids is 1. The van der Waals surface area contributed by atoms with E-state index in [2.05, 4.69) is 14.7 Å². The largest absolute Gasteiger partial charge is 0.465 e. The second kappa shape index (κ2) is 6.69. The van der Waals surface area contributed by atoms with E-state index < -0.39 is 23.3 Å². The Morgan fingerprint density at radius 2 is 2.14 bits per heavy atom. The van der Waals surface area contributed by atoms with Crippen LogP contribution in [0, 0.1) is 18.6 Å². The first kappa shape index (κ1) is 16.2. The van der Waals surface area contributed by atoms with Crippen molar-refractivity contribution in [1.82, 2.24) is 9.97 Å². The van der Waals surface area contributed by atoms with Crippen LogP contribution in [-0.2, 0) is 10.5 Å². The maximum atomic E-state index is 13.6. The molecule has 0 unspecified atom stereocenters. The zero-order valence-electron chi connectivity index (χ0n) is 11.8. The van der Waals surface area contributed by atoms with Gasteiger partial charge in [-0.2, -0.15) is 4.98 Å². The minimum absolute atomic E-state index is 0.0173. The molecule has 8 heteroatoms. The number of nitrogens with one attached hydrogen (secondary N) is 1. The molecule has 0 spiro atoms. The third-order valence-corrected chi connectivity index (χ3v) is 3.90. The van der Waals surface area contributed by atoms with Gasteiger partial charge in [0.05, 0.1) is 7.11 Å². The lowest BCUT2D eigenvalue weighted by molar-refractivity contribution is 0.0594. The first-order valence-corrected chi connectivity index (χ1v) is 7.17. The van der Waals surface area contributed by atoms with Crippen molar-refractivity contribution >= 4 is 17.7 Å². The molecule has 0 amide bonds. The molecule has 0 fully saturated rings. The highest BCUT2D eigenvalue weighted by atomic mass is 32.2. The van der Waals surface area contributed by atoms with E-state index in [1.165, 1.54) is 26.2 Å². The number of hydrogen-bond donors (Lipinski definition) is 1. The van der Waals surface area contributed by atoms with Crippen molar-refractivity contribution in [2.24, 2.45) is 0 Å². The van der Waals surface area contributed by atoms with Gasteiger partial charge in [-0.1, -0.05) is 12.1 Å². The highest BCUT2D eigenvalue weighted by Gasteiger charge is 2.19. The standard InChI is InChI=1S/C14H12F2N2O3S/c1-7-10(13(19)21-2)12(18-14(20)17-7)22-6-8-4-3-5-9(15)11(8)16/h3-5H,6H2,1-2H3,(H,17,18,20). The average Bonchev–Trinajstić information content (AvgIpc) is 2.47. The van der Waals surface area contributed by atoms with Gasteiger partial charge in [0, 0.05) is 17.0 Å². The predicted octanol–water partition coefficient (Wildman–Crippen LogP) is 2.44. The molecule has 0 radical (unpaired) electrons. The number of ether oxygens (including phenoxy) is 1. The molecule has 1 aromatic heterocycles. The zero-order valence-corrected chi connectivity index (χ0v) is 12.6. The summed E-state index contributed by atoms with van der Waals surface area (Å²) in [5, 5.41) is 0.108. The average molecular weight is 326 g/mol. The third kappa shape index (κ3) is 3.33. The molecule has 1 N–H and O–H groups in total. The molecule has 0 aliphatic carbocycles. The first-order valence-electron chi connectivity index (χ1n) is 6.19. The molecule has 0 bridgehead atoms. The van der Waals surface area contributed by atoms with E-state index in [4.69, 9.17) is 0 Å². The molecule has 0 saturated carbocycles. The van der Waals surface area contributed by atoms with Crippen LogP contribution in [0.5, 0.6) is 0 Å². The van der Waals surface area contributed by atoms with Gasteiger partial charge in [-0.3, -0.25) is 0 Å². The molecule has 0 aliphatic rings. The van der Waals surface area contributed by atoms with Gasteiger partial charge in [0.2, 0.25) is 0 Å². The van der Waals surface area contributed by atoms with Crippen LogP contribution in [0.3, 0.4) is 0 Å². The van der Waals surface area contributed by atoms with E-state index in [0.29, 0.717) is 5.69 Å². The summed E-state index contributed by atoms with van der Waals surface area (Å²) in [6.07, 6.45) is 0. The summed E-state index contributed by atoms with van der Waals surface area (Å²) in [6, 6.07) is 3.81. The van der Waals surface area contributed by atoms with Crippen LogP contribution in [0.15, 0.2) is 28.0 Å². The number of esters is 1. The van der Waals surface area contributed by atoms with E-state index in [0.717, 1.165) is 17.8 Å². The number of aromatic nitrogens is 2. The van der Waals surface area contributed by atoms with Crippen LogP contribution >= 0.6 is 11.8 Å². The number of carbonyl (C=O) groups is 1. The van der Waals surface area contributed by atoms with Gasteiger partial charge >= 0.3 is 11.7 Å². The Bertz CT molecular complexity index is 777. The quantitative estimate of drug-likeness (QED) is 0.531. The Morgan fingerprint density at radius 1 is 1.41 bits per heavy atom. The molecule has 1 aromatic carbocycles. The molecule has 22 heavy (non-hydrogen) atoms. The van der Waals surface area contributed by atoms with Crippen LogP contribution in [-0.4, -0.2) is 23.0 Å². The van der Waals surface area contributed by atoms with Crippen molar-refractivity contribution in [3.8, 4) is 0 Å². The Morgan fingerprint density at radius 3 is 2.82 bits per heavy atom. The minimum Gasteiger partial charge on any atom is -0.465 e. The smallest absolute Gasteiger partial charge is 0.346 e. The lowest BCUT2D eigenvalue weighted by Crippen LogP contribution is -2.19. The lowest BCUT2D eigenvalue weighted by Gasteiger charge is -2.09. The molecule has 2 rings (SSSR count). The molecular weight excluding hydrogens is 314 g/mol. The topological polar surface area (TPSA) is 72.0 Å². The first-order chi connectivity index (χ1) is 10.4. The molecule has 0 saturated heterocycles. The van der Waals surface area contributed by atoms with Crippen LogP contribution < -0.4 is 5.69 Å².